The Morgan fingerprint density at radius 2 is 1.44 bits per heavy atom. The number of ether oxygens (including phenoxy) is 1. The molecule has 0 amide bonds. The van der Waals surface area contributed by atoms with E-state index in [9.17, 15) is 39.6 Å². The predicted molar refractivity (Wildman–Crippen MR) is 96.6 cm³/mol. The van der Waals surface area contributed by atoms with E-state index in [-0.39, 0.29) is 0 Å². The largest absolute Gasteiger partial charge is 0.460 e. The Bertz CT molecular complexity index is 1290. The van der Waals surface area contributed by atoms with Crippen LogP contribution in [0.5, 0.6) is 0 Å². The lowest BCUT2D eigenvalue weighted by Gasteiger charge is -2.12. The Balaban J connectivity index is 1.89. The first-order chi connectivity index (χ1) is 15.8. The van der Waals surface area contributed by atoms with Crippen molar-refractivity contribution in [2.24, 2.45) is 5.73 Å². The van der Waals surface area contributed by atoms with Gasteiger partial charge in [0.15, 0.2) is 6.08 Å². The molecule has 0 unspecified atom stereocenters. The number of halogens is 6. The van der Waals surface area contributed by atoms with Crippen molar-refractivity contribution in [1.82, 2.24) is 0 Å². The number of hydrogen-bond donors (Lipinski definition) is 1. The second-order valence-electron chi connectivity index (χ2n) is 6.24. The molecule has 172 valence electrons. The summed E-state index contributed by atoms with van der Waals surface area (Å²) in [7, 11) is -5.49. The van der Waals surface area contributed by atoms with E-state index >= 15 is 0 Å². The third-order valence-corrected chi connectivity index (χ3v) is 4.84. The minimum atomic E-state index is -5.49. The van der Waals surface area contributed by atoms with Crippen LogP contribution in [0.25, 0.3) is 0 Å². The fraction of sp³-hybridized carbons (Fsp3) is 0.211. The van der Waals surface area contributed by atoms with Crippen molar-refractivity contribution >= 4 is 15.9 Å². The maximum absolute atomic E-state index is 12.8. The van der Waals surface area contributed by atoms with Gasteiger partial charge in [-0.1, -0.05) is 24.3 Å². The Morgan fingerprint density at radius 3 is 1.91 bits per heavy atom. The van der Waals surface area contributed by atoms with Crippen molar-refractivity contribution in [3.63, 3.8) is 0 Å². The fourth-order valence-corrected chi connectivity index (χ4v) is 3.34. The fourth-order valence-electron chi connectivity index (χ4n) is 2.50. The van der Waals surface area contributed by atoms with Crippen LogP contribution in [0, 0.1) is 0 Å². The molecule has 32 heavy (non-hydrogen) atoms. The minimum Gasteiger partial charge on any atom is -0.460 e. The van der Waals surface area contributed by atoms with Crippen LogP contribution >= 0.6 is 0 Å². The monoisotopic (exact) mass is 484 g/mol. The molecule has 2 aromatic rings. The molecule has 0 aliphatic carbocycles. The normalized spacial score (nSPS) is 21.6. The number of carbonyl (C=O) groups excluding carboxylic acids is 1. The number of hydrogen-bond acceptors (Lipinski definition) is 6. The van der Waals surface area contributed by atoms with Crippen molar-refractivity contribution in [1.29, 1.82) is 0 Å². The minimum absolute atomic E-state index is 0.430. The van der Waals surface area contributed by atoms with Gasteiger partial charge in [0.1, 0.15) is 5.70 Å². The van der Waals surface area contributed by atoms with Crippen molar-refractivity contribution in [3.05, 3.63) is 82.4 Å². The van der Waals surface area contributed by atoms with Gasteiger partial charge in [-0.25, -0.2) is 0 Å². The van der Waals surface area contributed by atoms with E-state index in [1.807, 2.05) is 0 Å². The third-order valence-electron chi connectivity index (χ3n) is 3.97. The first kappa shape index (κ1) is 19.5. The molecule has 13 heteroatoms. The number of nitrogens with two attached hydrogens (primary N) is 1. The lowest BCUT2D eigenvalue weighted by Crippen LogP contribution is -2.16. The highest BCUT2D eigenvalue weighted by atomic mass is 32.2. The molecule has 0 saturated heterocycles. The second-order valence-corrected chi connectivity index (χ2v) is 7.52. The average Bonchev–Trinajstić information content (AvgIpc) is 2.96. The summed E-state index contributed by atoms with van der Waals surface area (Å²) >= 11 is 0. The first-order valence-electron chi connectivity index (χ1n) is 9.84. The summed E-state index contributed by atoms with van der Waals surface area (Å²) in [5.74, 6) is -3.96. The second kappa shape index (κ2) is 8.04. The zero-order valence-corrected chi connectivity index (χ0v) is 16.2. The molecule has 0 saturated carbocycles. The molecule has 0 bridgehead atoms. The van der Waals surface area contributed by atoms with E-state index in [2.05, 4.69) is 4.18 Å². The molecule has 0 aromatic heterocycles. The van der Waals surface area contributed by atoms with E-state index in [4.69, 9.17) is 14.6 Å². The van der Waals surface area contributed by atoms with Crippen molar-refractivity contribution in [3.8, 4) is 0 Å². The summed E-state index contributed by atoms with van der Waals surface area (Å²) in [5, 5.41) is 0. The molecule has 1 atom stereocenters. The van der Waals surface area contributed by atoms with Crippen molar-refractivity contribution < 1.29 is 52.6 Å². The molecule has 0 spiro atoms. The van der Waals surface area contributed by atoms with Crippen LogP contribution < -0.4 is 5.73 Å². The highest BCUT2D eigenvalue weighted by Gasteiger charge is 2.40. The van der Waals surface area contributed by atoms with Crippen LogP contribution in [0.2, 0.25) is 0 Å². The number of rotatable bonds is 5. The van der Waals surface area contributed by atoms with Gasteiger partial charge in [-0.15, -0.1) is 0 Å². The smallest absolute Gasteiger partial charge is 0.416 e. The highest BCUT2D eigenvalue weighted by molar-refractivity contribution is 7.86. The van der Waals surface area contributed by atoms with Crippen molar-refractivity contribution in [2.45, 2.75) is 24.1 Å². The van der Waals surface area contributed by atoms with Crippen LogP contribution in [0.1, 0.15) is 32.4 Å². The number of ketones is 1. The molecule has 1 aliphatic rings. The van der Waals surface area contributed by atoms with Gasteiger partial charge in [-0.05, 0) is 29.8 Å². The van der Waals surface area contributed by atoms with Crippen LogP contribution in [0.4, 0.5) is 26.3 Å². The summed E-state index contributed by atoms with van der Waals surface area (Å²) in [6.07, 6.45) is -12.3. The topological polar surface area (TPSA) is 95.7 Å². The molecule has 0 radical (unpaired) electrons. The zero-order valence-electron chi connectivity index (χ0n) is 18.4. The van der Waals surface area contributed by atoms with Crippen LogP contribution in [-0.4, -0.2) is 14.2 Å². The number of carbonyl (C=O) groups is 1. The van der Waals surface area contributed by atoms with Crippen molar-refractivity contribution in [2.75, 3.05) is 0 Å². The van der Waals surface area contributed by atoms with E-state index in [1.54, 1.807) is 0 Å². The molecule has 2 aromatic carbocycles. The van der Waals surface area contributed by atoms with Gasteiger partial charge in [0.25, 0.3) is 0 Å². The summed E-state index contributed by atoms with van der Waals surface area (Å²) in [6, 6.07) is 4.48. The van der Waals surface area contributed by atoms with E-state index in [1.165, 1.54) is 0 Å². The molecule has 2 N–H and O–H groups in total. The Kier molecular flexibility index (Phi) is 4.89. The van der Waals surface area contributed by atoms with Crippen LogP contribution in [-0.2, 0) is 41.9 Å². The molecule has 6 nitrogen and oxygen atoms in total. The lowest BCUT2D eigenvalue weighted by molar-refractivity contribution is -0.138. The standard InChI is InChI=1S/C19H13F6NO5S/c20-18(21,22)12-5-1-10(2-6-12)9-32(28,29)31-16-14(27)15(30-17(16)26)11-3-7-13(8-4-11)19(23,24)25/h1-8,15H,9,26H2/t15-/m1/s1/i9D2,15D. The Morgan fingerprint density at radius 1 is 0.969 bits per heavy atom. The van der Waals surface area contributed by atoms with Gasteiger partial charge in [-0.2, -0.15) is 34.8 Å². The highest BCUT2D eigenvalue weighted by Crippen LogP contribution is 2.35. The van der Waals surface area contributed by atoms with Gasteiger partial charge < -0.3 is 14.7 Å². The third kappa shape index (κ3) is 5.15. The number of alkyl halides is 6. The van der Waals surface area contributed by atoms with Gasteiger partial charge in [0.2, 0.25) is 17.4 Å². The maximum Gasteiger partial charge on any atom is 0.416 e. The zero-order chi connectivity index (χ0) is 26.6. The molecular formula is C19H13F6NO5S. The summed E-state index contributed by atoms with van der Waals surface area (Å²) in [6.45, 7) is 0. The van der Waals surface area contributed by atoms with Gasteiger partial charge in [-0.3, -0.25) is 4.79 Å². The van der Waals surface area contributed by atoms with Gasteiger partial charge in [0, 0.05) is 5.56 Å². The molecule has 3 rings (SSSR count). The Hall–Kier alpha value is -3.22. The summed E-state index contributed by atoms with van der Waals surface area (Å²) in [5.41, 5.74) is -1.60. The number of benzene rings is 2. The summed E-state index contributed by atoms with van der Waals surface area (Å²) < 4.78 is 135. The Labute approximate surface area is 181 Å². The molecule has 1 heterocycles. The lowest BCUT2D eigenvalue weighted by atomic mass is 10.0. The average molecular weight is 484 g/mol. The molecule has 0 fully saturated rings. The quantitative estimate of drug-likeness (QED) is 0.509. The van der Waals surface area contributed by atoms with E-state index in [0.717, 1.165) is 12.1 Å². The summed E-state index contributed by atoms with van der Waals surface area (Å²) in [4.78, 5) is 12.7. The first-order valence-corrected chi connectivity index (χ1v) is 9.74. The van der Waals surface area contributed by atoms with Gasteiger partial charge >= 0.3 is 22.5 Å². The molecule has 1 aliphatic heterocycles. The molecular weight excluding hydrogens is 468 g/mol. The maximum atomic E-state index is 12.8. The van der Waals surface area contributed by atoms with Crippen LogP contribution in [0.15, 0.2) is 60.2 Å². The SMILES string of the molecule is [2H]C([2H])(c1ccc(C(F)(F)F)cc1)S(=O)(=O)OC1=C(N)O[C@]([2H])(c2ccc(C(F)(F)F)cc2)C1=O. The predicted octanol–water partition coefficient (Wildman–Crippen LogP) is 4.04. The van der Waals surface area contributed by atoms with Gasteiger partial charge in [0.05, 0.1) is 15.2 Å². The number of Topliss-reactive ketones (excluding diaryl/α,β-unsaturated/α-hetero) is 1. The van der Waals surface area contributed by atoms with E-state index < -0.39 is 73.9 Å². The van der Waals surface area contributed by atoms with Crippen LogP contribution in [0.3, 0.4) is 0 Å². The van der Waals surface area contributed by atoms with E-state index in [0.29, 0.717) is 36.4 Å².